The molecule has 0 spiro atoms. The van der Waals surface area contributed by atoms with Gasteiger partial charge in [-0.15, -0.1) is 0 Å². The van der Waals surface area contributed by atoms with E-state index in [0.29, 0.717) is 18.1 Å². The molecule has 0 fully saturated rings. The third-order valence-electron chi connectivity index (χ3n) is 2.79. The van der Waals surface area contributed by atoms with Crippen molar-refractivity contribution in [2.24, 2.45) is 5.92 Å². The van der Waals surface area contributed by atoms with Crippen molar-refractivity contribution in [2.75, 3.05) is 13.7 Å². The number of carbonyl (C=O) groups excluding carboxylic acids is 1. The van der Waals surface area contributed by atoms with Crippen molar-refractivity contribution in [1.29, 1.82) is 0 Å². The van der Waals surface area contributed by atoms with Crippen LogP contribution in [0.5, 0.6) is 11.5 Å². The Labute approximate surface area is 115 Å². The van der Waals surface area contributed by atoms with Crippen molar-refractivity contribution >= 4 is 12.4 Å². The average Bonchev–Trinajstić information content (AvgIpc) is 2.42. The van der Waals surface area contributed by atoms with Gasteiger partial charge in [-0.2, -0.15) is 0 Å². The summed E-state index contributed by atoms with van der Waals surface area (Å²) in [6, 6.07) is 5.68. The molecule has 0 N–H and O–H groups in total. The van der Waals surface area contributed by atoms with Gasteiger partial charge in [0.1, 0.15) is 6.29 Å². The lowest BCUT2D eigenvalue weighted by Gasteiger charge is -2.11. The molecule has 3 nitrogen and oxygen atoms in total. The van der Waals surface area contributed by atoms with E-state index in [-0.39, 0.29) is 5.92 Å². The van der Waals surface area contributed by atoms with Crippen LogP contribution in [0.25, 0.3) is 6.08 Å². The average molecular weight is 262 g/mol. The Balaban J connectivity index is 3.06. The van der Waals surface area contributed by atoms with Crippen LogP contribution in [0.1, 0.15) is 32.8 Å². The first-order valence-corrected chi connectivity index (χ1v) is 6.60. The fourth-order valence-electron chi connectivity index (χ4n) is 1.64. The van der Waals surface area contributed by atoms with Gasteiger partial charge >= 0.3 is 0 Å². The molecule has 0 unspecified atom stereocenters. The molecule has 0 saturated heterocycles. The quantitative estimate of drug-likeness (QED) is 0.555. The number of ether oxygens (including phenoxy) is 2. The summed E-state index contributed by atoms with van der Waals surface area (Å²) in [4.78, 5) is 11.0. The monoisotopic (exact) mass is 262 g/mol. The minimum atomic E-state index is 0.208. The van der Waals surface area contributed by atoms with E-state index in [1.165, 1.54) is 0 Å². The number of rotatable bonds is 7. The zero-order valence-electron chi connectivity index (χ0n) is 12.1. The van der Waals surface area contributed by atoms with E-state index in [1.807, 2.05) is 38.1 Å². The molecular weight excluding hydrogens is 240 g/mol. The molecule has 1 aromatic carbocycles. The van der Waals surface area contributed by atoms with Gasteiger partial charge in [0.2, 0.25) is 0 Å². The van der Waals surface area contributed by atoms with Gasteiger partial charge in [-0.3, -0.25) is 4.79 Å². The minimum Gasteiger partial charge on any atom is -0.493 e. The summed E-state index contributed by atoms with van der Waals surface area (Å²) in [5.74, 6) is 1.63. The second kappa shape index (κ2) is 7.62. The third-order valence-corrected chi connectivity index (χ3v) is 2.79. The standard InChI is InChI=1S/C16H22O3/c1-5-8-19-16-10-13(6-7-15(16)18-4)9-14(11-17)12(2)3/h6-7,9-12H,5,8H2,1-4H3. The first-order valence-electron chi connectivity index (χ1n) is 6.60. The summed E-state index contributed by atoms with van der Waals surface area (Å²) >= 11 is 0. The molecule has 0 atom stereocenters. The molecular formula is C16H22O3. The molecule has 1 aromatic rings. The van der Waals surface area contributed by atoms with Gasteiger partial charge in [0.15, 0.2) is 11.5 Å². The maximum Gasteiger partial charge on any atom is 0.161 e. The largest absolute Gasteiger partial charge is 0.493 e. The molecule has 0 amide bonds. The highest BCUT2D eigenvalue weighted by molar-refractivity contribution is 5.82. The predicted molar refractivity (Wildman–Crippen MR) is 77.7 cm³/mol. The number of benzene rings is 1. The Morgan fingerprint density at radius 2 is 2.05 bits per heavy atom. The highest BCUT2D eigenvalue weighted by atomic mass is 16.5. The maximum atomic E-state index is 11.0. The van der Waals surface area contributed by atoms with Gasteiger partial charge in [-0.1, -0.05) is 26.8 Å². The minimum absolute atomic E-state index is 0.208. The number of hydrogen-bond donors (Lipinski definition) is 0. The van der Waals surface area contributed by atoms with Crippen LogP contribution in [0.15, 0.2) is 23.8 Å². The molecule has 0 saturated carbocycles. The van der Waals surface area contributed by atoms with Crippen LogP contribution >= 0.6 is 0 Å². The van der Waals surface area contributed by atoms with Crippen LogP contribution in [0.3, 0.4) is 0 Å². The number of hydrogen-bond acceptors (Lipinski definition) is 3. The van der Waals surface area contributed by atoms with E-state index in [0.717, 1.165) is 23.8 Å². The van der Waals surface area contributed by atoms with Crippen LogP contribution in [0, 0.1) is 5.92 Å². The number of aldehydes is 1. The predicted octanol–water partition coefficient (Wildman–Crippen LogP) is 3.72. The van der Waals surface area contributed by atoms with E-state index < -0.39 is 0 Å². The normalized spacial score (nSPS) is 11.5. The van der Waals surface area contributed by atoms with E-state index in [1.54, 1.807) is 7.11 Å². The fraction of sp³-hybridized carbons (Fsp3) is 0.438. The Morgan fingerprint density at radius 3 is 2.58 bits per heavy atom. The topological polar surface area (TPSA) is 35.5 Å². The van der Waals surface area contributed by atoms with Gasteiger partial charge in [0.25, 0.3) is 0 Å². The van der Waals surface area contributed by atoms with Crippen molar-refractivity contribution in [3.8, 4) is 11.5 Å². The van der Waals surface area contributed by atoms with Crippen molar-refractivity contribution in [3.63, 3.8) is 0 Å². The Hall–Kier alpha value is -1.77. The van der Waals surface area contributed by atoms with Gasteiger partial charge in [-0.25, -0.2) is 0 Å². The molecule has 0 heterocycles. The lowest BCUT2D eigenvalue weighted by atomic mass is 10.0. The van der Waals surface area contributed by atoms with E-state index in [2.05, 4.69) is 6.92 Å². The molecule has 104 valence electrons. The number of methoxy groups -OCH3 is 1. The van der Waals surface area contributed by atoms with E-state index in [4.69, 9.17) is 9.47 Å². The van der Waals surface area contributed by atoms with Crippen molar-refractivity contribution in [2.45, 2.75) is 27.2 Å². The molecule has 0 bridgehead atoms. The van der Waals surface area contributed by atoms with Gasteiger partial charge in [0, 0.05) is 0 Å². The van der Waals surface area contributed by atoms with Crippen molar-refractivity contribution in [3.05, 3.63) is 29.3 Å². The zero-order chi connectivity index (χ0) is 14.3. The molecule has 0 aliphatic heterocycles. The zero-order valence-corrected chi connectivity index (χ0v) is 12.1. The molecule has 1 rings (SSSR count). The molecule has 0 radical (unpaired) electrons. The molecule has 0 aliphatic rings. The van der Waals surface area contributed by atoms with Crippen LogP contribution in [0.4, 0.5) is 0 Å². The summed E-state index contributed by atoms with van der Waals surface area (Å²) in [5.41, 5.74) is 1.72. The molecule has 3 heteroatoms. The number of allylic oxidation sites excluding steroid dienone is 1. The van der Waals surface area contributed by atoms with Crippen LogP contribution in [-0.2, 0) is 4.79 Å². The highest BCUT2D eigenvalue weighted by Gasteiger charge is 2.06. The van der Waals surface area contributed by atoms with Crippen LogP contribution in [0.2, 0.25) is 0 Å². The first kappa shape index (κ1) is 15.3. The van der Waals surface area contributed by atoms with Crippen LogP contribution < -0.4 is 9.47 Å². The molecule has 0 aromatic heterocycles. The fourth-order valence-corrected chi connectivity index (χ4v) is 1.64. The first-order chi connectivity index (χ1) is 9.12. The Morgan fingerprint density at radius 1 is 1.32 bits per heavy atom. The summed E-state index contributed by atoms with van der Waals surface area (Å²) < 4.78 is 10.9. The summed E-state index contributed by atoms with van der Waals surface area (Å²) in [7, 11) is 1.62. The summed E-state index contributed by atoms with van der Waals surface area (Å²) in [5, 5.41) is 0. The maximum absolute atomic E-state index is 11.0. The summed E-state index contributed by atoms with van der Waals surface area (Å²) in [6.07, 6.45) is 3.73. The van der Waals surface area contributed by atoms with Crippen LogP contribution in [-0.4, -0.2) is 20.0 Å². The summed E-state index contributed by atoms with van der Waals surface area (Å²) in [6.45, 7) is 6.70. The molecule has 19 heavy (non-hydrogen) atoms. The third kappa shape index (κ3) is 4.43. The van der Waals surface area contributed by atoms with Crippen molar-refractivity contribution < 1.29 is 14.3 Å². The van der Waals surface area contributed by atoms with Gasteiger partial charge < -0.3 is 9.47 Å². The van der Waals surface area contributed by atoms with Gasteiger partial charge in [0.05, 0.1) is 13.7 Å². The van der Waals surface area contributed by atoms with E-state index in [9.17, 15) is 4.79 Å². The van der Waals surface area contributed by atoms with Crippen molar-refractivity contribution in [1.82, 2.24) is 0 Å². The SMILES string of the molecule is CCCOc1cc(C=C(C=O)C(C)C)ccc1OC. The number of carbonyl (C=O) groups is 1. The van der Waals surface area contributed by atoms with E-state index >= 15 is 0 Å². The highest BCUT2D eigenvalue weighted by Crippen LogP contribution is 2.29. The lowest BCUT2D eigenvalue weighted by Crippen LogP contribution is -1.99. The lowest BCUT2D eigenvalue weighted by molar-refractivity contribution is -0.105. The second-order valence-electron chi connectivity index (χ2n) is 4.68. The Bertz CT molecular complexity index is 447. The Kier molecular flexibility index (Phi) is 6.13. The van der Waals surface area contributed by atoms with Gasteiger partial charge in [-0.05, 0) is 41.7 Å². The smallest absolute Gasteiger partial charge is 0.161 e. The molecule has 0 aliphatic carbocycles. The second-order valence-corrected chi connectivity index (χ2v) is 4.68.